The van der Waals surface area contributed by atoms with Gasteiger partial charge >= 0.3 is 0 Å². The third-order valence-electron chi connectivity index (χ3n) is 4.88. The molecule has 0 saturated carbocycles. The first-order chi connectivity index (χ1) is 11.1. The number of nitrogens with two attached hydrogens (primary N) is 1. The first kappa shape index (κ1) is 18.5. The van der Waals surface area contributed by atoms with Crippen LogP contribution in [0, 0.1) is 0 Å². The minimum absolute atomic E-state index is 0. The van der Waals surface area contributed by atoms with Gasteiger partial charge in [0, 0.05) is 25.6 Å². The summed E-state index contributed by atoms with van der Waals surface area (Å²) in [6, 6.07) is 18.4. The fourth-order valence-corrected chi connectivity index (χ4v) is 3.36. The third kappa shape index (κ3) is 4.16. The molecule has 3 nitrogen and oxygen atoms in total. The second kappa shape index (κ2) is 8.32. The van der Waals surface area contributed by atoms with Crippen LogP contribution in [0.1, 0.15) is 35.6 Å². The Morgan fingerprint density at radius 3 is 2.46 bits per heavy atom. The number of nitrogens with zero attached hydrogens (tertiary/aromatic N) is 1. The molecule has 1 aliphatic carbocycles. The molecule has 0 heterocycles. The quantitative estimate of drug-likeness (QED) is 0.922. The van der Waals surface area contributed by atoms with Crippen LogP contribution in [0.4, 0.5) is 0 Å². The summed E-state index contributed by atoms with van der Waals surface area (Å²) in [5.41, 5.74) is 10.0. The monoisotopic (exact) mass is 344 g/mol. The van der Waals surface area contributed by atoms with E-state index in [0.29, 0.717) is 6.42 Å². The number of carbonyl (C=O) groups is 1. The first-order valence-corrected chi connectivity index (χ1v) is 8.28. The summed E-state index contributed by atoms with van der Waals surface area (Å²) in [5, 5.41) is 0. The summed E-state index contributed by atoms with van der Waals surface area (Å²) >= 11 is 0. The second-order valence-corrected chi connectivity index (χ2v) is 6.39. The summed E-state index contributed by atoms with van der Waals surface area (Å²) in [6.45, 7) is 0. The fourth-order valence-electron chi connectivity index (χ4n) is 3.36. The molecule has 24 heavy (non-hydrogen) atoms. The van der Waals surface area contributed by atoms with Crippen molar-refractivity contribution in [1.82, 2.24) is 4.90 Å². The highest BCUT2D eigenvalue weighted by atomic mass is 35.5. The first-order valence-electron chi connectivity index (χ1n) is 8.28. The molecule has 0 fully saturated rings. The molecule has 0 saturated heterocycles. The molecule has 2 N–H and O–H groups in total. The van der Waals surface area contributed by atoms with Gasteiger partial charge in [-0.2, -0.15) is 0 Å². The number of rotatable bonds is 4. The van der Waals surface area contributed by atoms with E-state index in [1.807, 2.05) is 42.3 Å². The Balaban J connectivity index is 0.00000208. The number of fused-ring (bicyclic) bond motifs is 1. The van der Waals surface area contributed by atoms with Crippen molar-refractivity contribution >= 4 is 18.3 Å². The van der Waals surface area contributed by atoms with Gasteiger partial charge in [0.25, 0.3) is 0 Å². The molecule has 0 spiro atoms. The van der Waals surface area contributed by atoms with Crippen molar-refractivity contribution in [3.8, 4) is 0 Å². The van der Waals surface area contributed by atoms with Crippen LogP contribution >= 0.6 is 12.4 Å². The van der Waals surface area contributed by atoms with Crippen molar-refractivity contribution in [3.05, 3.63) is 71.3 Å². The molecule has 3 rings (SSSR count). The van der Waals surface area contributed by atoms with Crippen molar-refractivity contribution in [3.63, 3.8) is 0 Å². The third-order valence-corrected chi connectivity index (χ3v) is 4.88. The zero-order valence-corrected chi connectivity index (χ0v) is 14.8. The number of benzene rings is 2. The van der Waals surface area contributed by atoms with E-state index >= 15 is 0 Å². The van der Waals surface area contributed by atoms with E-state index in [9.17, 15) is 4.79 Å². The van der Waals surface area contributed by atoms with Crippen LogP contribution in [0.5, 0.6) is 0 Å². The van der Waals surface area contributed by atoms with Crippen molar-refractivity contribution in [2.24, 2.45) is 5.73 Å². The van der Waals surface area contributed by atoms with Crippen LogP contribution in [-0.4, -0.2) is 23.9 Å². The predicted octanol–water partition coefficient (Wildman–Crippen LogP) is 3.51. The minimum Gasteiger partial charge on any atom is -0.342 e. The molecule has 1 aliphatic rings. The SMILES string of the molecule is CN(C(=O)CC(N)c1ccccc1)C1CCc2ccccc2C1.Cl. The van der Waals surface area contributed by atoms with Gasteiger partial charge < -0.3 is 10.6 Å². The van der Waals surface area contributed by atoms with E-state index in [1.54, 1.807) is 0 Å². The Morgan fingerprint density at radius 1 is 1.12 bits per heavy atom. The molecular weight excluding hydrogens is 320 g/mol. The van der Waals surface area contributed by atoms with E-state index in [1.165, 1.54) is 11.1 Å². The highest BCUT2D eigenvalue weighted by Crippen LogP contribution is 2.25. The van der Waals surface area contributed by atoms with Crippen LogP contribution in [0.15, 0.2) is 54.6 Å². The van der Waals surface area contributed by atoms with Gasteiger partial charge in [0.1, 0.15) is 0 Å². The zero-order valence-electron chi connectivity index (χ0n) is 14.0. The van der Waals surface area contributed by atoms with Crippen LogP contribution in [0.25, 0.3) is 0 Å². The van der Waals surface area contributed by atoms with Crippen LogP contribution in [0.2, 0.25) is 0 Å². The van der Waals surface area contributed by atoms with E-state index in [0.717, 1.165) is 24.8 Å². The average Bonchev–Trinajstić information content (AvgIpc) is 2.61. The molecule has 2 unspecified atom stereocenters. The summed E-state index contributed by atoms with van der Waals surface area (Å²) in [4.78, 5) is 14.5. The maximum Gasteiger partial charge on any atom is 0.224 e. The Morgan fingerprint density at radius 2 is 1.75 bits per heavy atom. The molecule has 0 radical (unpaired) electrons. The van der Waals surface area contributed by atoms with Gasteiger partial charge in [-0.3, -0.25) is 4.79 Å². The smallest absolute Gasteiger partial charge is 0.224 e. The Hall–Kier alpha value is -1.84. The van der Waals surface area contributed by atoms with Gasteiger partial charge in [-0.1, -0.05) is 54.6 Å². The highest BCUT2D eigenvalue weighted by molar-refractivity contribution is 5.85. The molecule has 0 aliphatic heterocycles. The molecule has 4 heteroatoms. The lowest BCUT2D eigenvalue weighted by Crippen LogP contribution is -2.41. The fraction of sp³-hybridized carbons (Fsp3) is 0.350. The Labute approximate surface area is 150 Å². The summed E-state index contributed by atoms with van der Waals surface area (Å²) in [7, 11) is 1.92. The predicted molar refractivity (Wildman–Crippen MR) is 100 cm³/mol. The molecule has 2 atom stereocenters. The maximum atomic E-state index is 12.6. The largest absolute Gasteiger partial charge is 0.342 e. The van der Waals surface area contributed by atoms with Crippen molar-refractivity contribution in [2.45, 2.75) is 37.8 Å². The highest BCUT2D eigenvalue weighted by Gasteiger charge is 2.25. The van der Waals surface area contributed by atoms with Crippen molar-refractivity contribution < 1.29 is 4.79 Å². The number of aryl methyl sites for hydroxylation is 1. The number of hydrogen-bond donors (Lipinski definition) is 1. The lowest BCUT2D eigenvalue weighted by atomic mass is 9.87. The molecule has 0 bridgehead atoms. The van der Waals surface area contributed by atoms with Gasteiger partial charge in [0.15, 0.2) is 0 Å². The zero-order chi connectivity index (χ0) is 16.2. The topological polar surface area (TPSA) is 46.3 Å². The second-order valence-electron chi connectivity index (χ2n) is 6.39. The average molecular weight is 345 g/mol. The molecule has 2 aromatic carbocycles. The maximum absolute atomic E-state index is 12.6. The summed E-state index contributed by atoms with van der Waals surface area (Å²) < 4.78 is 0. The van der Waals surface area contributed by atoms with Crippen molar-refractivity contribution in [1.29, 1.82) is 0 Å². The van der Waals surface area contributed by atoms with Gasteiger partial charge in [-0.15, -0.1) is 12.4 Å². The summed E-state index contributed by atoms with van der Waals surface area (Å²) in [5.74, 6) is 0.130. The number of hydrogen-bond acceptors (Lipinski definition) is 2. The lowest BCUT2D eigenvalue weighted by molar-refractivity contribution is -0.132. The van der Waals surface area contributed by atoms with Crippen LogP contribution < -0.4 is 5.73 Å². The normalized spacial score (nSPS) is 17.3. The summed E-state index contributed by atoms with van der Waals surface area (Å²) in [6.07, 6.45) is 3.38. The Kier molecular flexibility index (Phi) is 6.41. The molecule has 0 aromatic heterocycles. The van der Waals surface area contributed by atoms with Crippen molar-refractivity contribution in [2.75, 3.05) is 7.05 Å². The van der Waals surface area contributed by atoms with E-state index in [-0.39, 0.29) is 30.4 Å². The van der Waals surface area contributed by atoms with E-state index in [4.69, 9.17) is 5.73 Å². The van der Waals surface area contributed by atoms with Crippen LogP contribution in [0.3, 0.4) is 0 Å². The lowest BCUT2D eigenvalue weighted by Gasteiger charge is -2.33. The number of likely N-dealkylation sites (N-methyl/N-ethyl adjacent to an activating group) is 1. The van der Waals surface area contributed by atoms with Gasteiger partial charge in [-0.25, -0.2) is 0 Å². The standard InChI is InChI=1S/C20H24N2O.ClH/c1-22(18-12-11-15-7-5-6-10-17(15)13-18)20(23)14-19(21)16-8-3-2-4-9-16;/h2-10,18-19H,11-14,21H2,1H3;1H. The molecule has 2 aromatic rings. The number of carbonyl (C=O) groups excluding carboxylic acids is 1. The van der Waals surface area contributed by atoms with E-state index < -0.39 is 0 Å². The molecule has 128 valence electrons. The van der Waals surface area contributed by atoms with E-state index in [2.05, 4.69) is 24.3 Å². The van der Waals surface area contributed by atoms with Gasteiger partial charge in [0.05, 0.1) is 0 Å². The van der Waals surface area contributed by atoms with Gasteiger partial charge in [-0.05, 0) is 36.0 Å². The number of halogens is 1. The van der Waals surface area contributed by atoms with Gasteiger partial charge in [0.2, 0.25) is 5.91 Å². The minimum atomic E-state index is -0.234. The Bertz CT molecular complexity index is 674. The molecular formula is C20H25ClN2O. The number of amides is 1. The van der Waals surface area contributed by atoms with Crippen LogP contribution in [-0.2, 0) is 17.6 Å². The molecule has 1 amide bonds.